The van der Waals surface area contributed by atoms with E-state index in [0.29, 0.717) is 5.82 Å². The van der Waals surface area contributed by atoms with Gasteiger partial charge in [0.25, 0.3) is 0 Å². The molecule has 0 unspecified atom stereocenters. The zero-order valence-corrected chi connectivity index (χ0v) is 22.8. The highest BCUT2D eigenvalue weighted by atomic mass is 14.9. The molecular formula is C39H25N3. The highest BCUT2D eigenvalue weighted by Crippen LogP contribution is 2.37. The van der Waals surface area contributed by atoms with Gasteiger partial charge in [0, 0.05) is 34.6 Å². The van der Waals surface area contributed by atoms with Crippen molar-refractivity contribution in [2.45, 2.75) is 0 Å². The number of benzene rings is 6. The molecule has 6 aromatic carbocycles. The van der Waals surface area contributed by atoms with Crippen LogP contribution < -0.4 is 0 Å². The van der Waals surface area contributed by atoms with Gasteiger partial charge >= 0.3 is 0 Å². The van der Waals surface area contributed by atoms with Gasteiger partial charge in [-0.2, -0.15) is 0 Å². The van der Waals surface area contributed by atoms with E-state index in [1.54, 1.807) is 6.20 Å². The van der Waals surface area contributed by atoms with Crippen molar-refractivity contribution in [3.05, 3.63) is 152 Å². The third-order valence-electron chi connectivity index (χ3n) is 7.95. The van der Waals surface area contributed by atoms with Crippen molar-refractivity contribution < 1.29 is 0 Å². The second-order valence-electron chi connectivity index (χ2n) is 10.5. The highest BCUT2D eigenvalue weighted by molar-refractivity contribution is 6.25. The van der Waals surface area contributed by atoms with Crippen molar-refractivity contribution >= 4 is 32.3 Å². The summed E-state index contributed by atoms with van der Waals surface area (Å²) in [6, 6.07) is 48.9. The molecule has 0 aliphatic rings. The van der Waals surface area contributed by atoms with Crippen LogP contribution in [-0.2, 0) is 0 Å². The van der Waals surface area contributed by atoms with Crippen molar-refractivity contribution in [3.63, 3.8) is 0 Å². The lowest BCUT2D eigenvalue weighted by Gasteiger charge is -2.13. The van der Waals surface area contributed by atoms with Crippen molar-refractivity contribution in [2.24, 2.45) is 0 Å². The fourth-order valence-electron chi connectivity index (χ4n) is 5.92. The Bertz CT molecular complexity index is 2200. The van der Waals surface area contributed by atoms with E-state index in [2.05, 4.69) is 120 Å². The summed E-state index contributed by atoms with van der Waals surface area (Å²) >= 11 is 0. The van der Waals surface area contributed by atoms with Crippen LogP contribution in [0.2, 0.25) is 0 Å². The third-order valence-corrected chi connectivity index (χ3v) is 7.95. The molecule has 8 aromatic rings. The van der Waals surface area contributed by atoms with Crippen LogP contribution in [0, 0.1) is 0 Å². The van der Waals surface area contributed by atoms with Crippen LogP contribution >= 0.6 is 0 Å². The molecule has 0 aliphatic heterocycles. The molecule has 0 fully saturated rings. The van der Waals surface area contributed by atoms with E-state index < -0.39 is 0 Å². The summed E-state index contributed by atoms with van der Waals surface area (Å²) in [6.07, 6.45) is 3.69. The normalized spacial score (nSPS) is 11.3. The summed E-state index contributed by atoms with van der Waals surface area (Å²) in [6.45, 7) is 0. The minimum absolute atomic E-state index is 0.706. The van der Waals surface area contributed by atoms with E-state index in [4.69, 9.17) is 9.97 Å². The van der Waals surface area contributed by atoms with Gasteiger partial charge < -0.3 is 0 Å². The first-order valence-corrected chi connectivity index (χ1v) is 14.1. The van der Waals surface area contributed by atoms with Crippen LogP contribution in [0.5, 0.6) is 0 Å². The van der Waals surface area contributed by atoms with Crippen LogP contribution in [0.25, 0.3) is 77.3 Å². The van der Waals surface area contributed by atoms with Gasteiger partial charge in [0.05, 0.1) is 11.4 Å². The maximum absolute atomic E-state index is 5.16. The fraction of sp³-hybridized carbons (Fsp3) is 0. The lowest BCUT2D eigenvalue weighted by molar-refractivity contribution is 1.18. The van der Waals surface area contributed by atoms with Gasteiger partial charge in [0.1, 0.15) is 0 Å². The van der Waals surface area contributed by atoms with Crippen LogP contribution in [-0.4, -0.2) is 15.0 Å². The molecule has 3 nitrogen and oxygen atoms in total. The monoisotopic (exact) mass is 535 g/mol. The molecule has 42 heavy (non-hydrogen) atoms. The standard InChI is InChI=1S/C39H25N3/c1-2-10-26(11-3-1)37-24-38(28-13-8-12-27(22-28)30-14-9-21-40-25-30)42-39(41-37)29-19-20-35-33-17-5-4-15-31(33)32-16-6-7-18-34(32)36(35)23-29/h1-25H. The second-order valence-corrected chi connectivity index (χ2v) is 10.5. The van der Waals surface area contributed by atoms with Crippen LogP contribution in [0.15, 0.2) is 152 Å². The van der Waals surface area contributed by atoms with Gasteiger partial charge in [0.15, 0.2) is 5.82 Å². The summed E-state index contributed by atoms with van der Waals surface area (Å²) in [4.78, 5) is 14.6. The number of rotatable bonds is 4. The maximum Gasteiger partial charge on any atom is 0.160 e. The minimum atomic E-state index is 0.706. The highest BCUT2D eigenvalue weighted by Gasteiger charge is 2.14. The molecule has 2 aromatic heterocycles. The number of hydrogen-bond acceptors (Lipinski definition) is 3. The molecule has 0 spiro atoms. The van der Waals surface area contributed by atoms with Crippen LogP contribution in [0.3, 0.4) is 0 Å². The lowest BCUT2D eigenvalue weighted by atomic mass is 9.93. The SMILES string of the molecule is c1ccc(-c2cc(-c3cccc(-c4cccnc4)c3)nc(-c3ccc4c5ccccc5c5ccccc5c4c3)n2)cc1. The molecule has 3 heteroatoms. The van der Waals surface area contributed by atoms with E-state index in [1.165, 1.54) is 32.3 Å². The molecule has 0 radical (unpaired) electrons. The molecule has 8 rings (SSSR count). The number of hydrogen-bond donors (Lipinski definition) is 0. The number of fused-ring (bicyclic) bond motifs is 6. The largest absolute Gasteiger partial charge is 0.264 e. The van der Waals surface area contributed by atoms with E-state index in [9.17, 15) is 0 Å². The molecule has 2 heterocycles. The zero-order chi connectivity index (χ0) is 27.9. The van der Waals surface area contributed by atoms with Crippen molar-refractivity contribution in [1.29, 1.82) is 0 Å². The first kappa shape index (κ1) is 24.2. The topological polar surface area (TPSA) is 38.7 Å². The van der Waals surface area contributed by atoms with E-state index in [-0.39, 0.29) is 0 Å². The molecule has 196 valence electrons. The maximum atomic E-state index is 5.16. The summed E-state index contributed by atoms with van der Waals surface area (Å²) < 4.78 is 0. The molecule has 0 saturated heterocycles. The van der Waals surface area contributed by atoms with Gasteiger partial charge in [-0.1, -0.05) is 115 Å². The molecule has 0 N–H and O–H groups in total. The van der Waals surface area contributed by atoms with Gasteiger partial charge in [-0.3, -0.25) is 4.98 Å². The summed E-state index contributed by atoms with van der Waals surface area (Å²) in [5.41, 5.74) is 7.04. The van der Waals surface area contributed by atoms with Gasteiger partial charge in [0.2, 0.25) is 0 Å². The average Bonchev–Trinajstić information content (AvgIpc) is 3.09. The van der Waals surface area contributed by atoms with Crippen molar-refractivity contribution in [2.75, 3.05) is 0 Å². The van der Waals surface area contributed by atoms with E-state index >= 15 is 0 Å². The Morgan fingerprint density at radius 3 is 1.60 bits per heavy atom. The fourth-order valence-corrected chi connectivity index (χ4v) is 5.92. The number of pyridine rings is 1. The number of nitrogens with zero attached hydrogens (tertiary/aromatic N) is 3. The number of aromatic nitrogens is 3. The Balaban J connectivity index is 1.35. The Kier molecular flexibility index (Phi) is 5.79. The van der Waals surface area contributed by atoms with Crippen LogP contribution in [0.4, 0.5) is 0 Å². The van der Waals surface area contributed by atoms with Crippen molar-refractivity contribution in [1.82, 2.24) is 15.0 Å². The van der Waals surface area contributed by atoms with Crippen molar-refractivity contribution in [3.8, 4) is 45.0 Å². The van der Waals surface area contributed by atoms with Gasteiger partial charge in [-0.05, 0) is 62.1 Å². The van der Waals surface area contributed by atoms with E-state index in [0.717, 1.165) is 39.2 Å². The Morgan fingerprint density at radius 2 is 0.905 bits per heavy atom. The van der Waals surface area contributed by atoms with Crippen LogP contribution in [0.1, 0.15) is 0 Å². The molecule has 0 atom stereocenters. The molecule has 0 amide bonds. The summed E-state index contributed by atoms with van der Waals surface area (Å²) in [5, 5.41) is 7.45. The predicted molar refractivity (Wildman–Crippen MR) is 174 cm³/mol. The van der Waals surface area contributed by atoms with Gasteiger partial charge in [-0.25, -0.2) is 9.97 Å². The molecular weight excluding hydrogens is 510 g/mol. The summed E-state index contributed by atoms with van der Waals surface area (Å²) in [5.74, 6) is 0.706. The Morgan fingerprint density at radius 1 is 0.333 bits per heavy atom. The molecule has 0 bridgehead atoms. The Hall–Kier alpha value is -5.67. The lowest BCUT2D eigenvalue weighted by Crippen LogP contribution is -1.96. The minimum Gasteiger partial charge on any atom is -0.264 e. The first-order chi connectivity index (χ1) is 20.8. The summed E-state index contributed by atoms with van der Waals surface area (Å²) in [7, 11) is 0. The third kappa shape index (κ3) is 4.20. The van der Waals surface area contributed by atoms with E-state index in [1.807, 2.05) is 30.5 Å². The molecule has 0 aliphatic carbocycles. The quantitative estimate of drug-likeness (QED) is 0.211. The molecule has 0 saturated carbocycles. The van der Waals surface area contributed by atoms with Gasteiger partial charge in [-0.15, -0.1) is 0 Å². The Labute approximate surface area is 243 Å². The average molecular weight is 536 g/mol. The zero-order valence-electron chi connectivity index (χ0n) is 22.8. The predicted octanol–water partition coefficient (Wildman–Crippen LogP) is 10.00. The second kappa shape index (κ2) is 10.1. The smallest absolute Gasteiger partial charge is 0.160 e. The first-order valence-electron chi connectivity index (χ1n) is 14.1.